The summed E-state index contributed by atoms with van der Waals surface area (Å²) in [6, 6.07) is 0. The Morgan fingerprint density at radius 2 is 2.70 bits per heavy atom. The van der Waals surface area contributed by atoms with Crippen LogP contribution in [0.4, 0.5) is 0 Å². The van der Waals surface area contributed by atoms with Gasteiger partial charge in [-0.25, -0.2) is 0 Å². The molecule has 0 radical (unpaired) electrons. The van der Waals surface area contributed by atoms with Crippen molar-refractivity contribution in [3.63, 3.8) is 0 Å². The maximum absolute atomic E-state index is 6.67. The van der Waals surface area contributed by atoms with E-state index in [0.717, 1.165) is 12.0 Å². The number of hydrogen-bond donors (Lipinski definition) is 2. The largest absolute Gasteiger partial charge is 0.371 e. The van der Waals surface area contributed by atoms with Gasteiger partial charge in [-0.2, -0.15) is 15.0 Å². The standard InChI is InChI=1S/C5H9N5/c1-10-8-3-5(9-10)2-7-4-6/h3-4H,2H2,1H3,(H2,6,7). The molecule has 0 saturated carbocycles. The summed E-state index contributed by atoms with van der Waals surface area (Å²) in [6.45, 7) is 0.567. The Bertz CT molecular complexity index is 216. The van der Waals surface area contributed by atoms with Crippen LogP contribution >= 0.6 is 0 Å². The van der Waals surface area contributed by atoms with Gasteiger partial charge in [-0.1, -0.05) is 0 Å². The predicted octanol–water partition coefficient (Wildman–Crippen LogP) is -0.488. The Morgan fingerprint density at radius 1 is 1.90 bits per heavy atom. The minimum Gasteiger partial charge on any atom is -0.371 e. The van der Waals surface area contributed by atoms with E-state index < -0.39 is 0 Å². The topological polar surface area (TPSA) is 66.6 Å². The highest BCUT2D eigenvalue weighted by Crippen LogP contribution is 1.86. The van der Waals surface area contributed by atoms with E-state index in [1.165, 1.54) is 4.80 Å². The normalized spacial score (nSPS) is 9.30. The van der Waals surface area contributed by atoms with Crippen LogP contribution in [-0.2, 0) is 13.6 Å². The fourth-order valence-electron chi connectivity index (χ4n) is 0.624. The first-order chi connectivity index (χ1) is 4.83. The van der Waals surface area contributed by atoms with E-state index in [1.54, 1.807) is 13.2 Å². The van der Waals surface area contributed by atoms with Gasteiger partial charge in [0.05, 0.1) is 19.1 Å². The molecule has 0 spiro atoms. The molecule has 10 heavy (non-hydrogen) atoms. The third kappa shape index (κ3) is 1.54. The van der Waals surface area contributed by atoms with Crippen molar-refractivity contribution >= 4 is 6.34 Å². The third-order valence-electron chi connectivity index (χ3n) is 1.03. The Balaban J connectivity index is 2.49. The van der Waals surface area contributed by atoms with Crippen LogP contribution in [0, 0.1) is 5.41 Å². The zero-order valence-corrected chi connectivity index (χ0v) is 5.70. The van der Waals surface area contributed by atoms with E-state index in [1.807, 2.05) is 0 Å². The van der Waals surface area contributed by atoms with Gasteiger partial charge in [0.2, 0.25) is 0 Å². The lowest BCUT2D eigenvalue weighted by Crippen LogP contribution is -2.09. The Kier molecular flexibility index (Phi) is 1.99. The van der Waals surface area contributed by atoms with E-state index in [0.29, 0.717) is 6.54 Å². The van der Waals surface area contributed by atoms with Crippen LogP contribution in [-0.4, -0.2) is 21.3 Å². The van der Waals surface area contributed by atoms with E-state index in [4.69, 9.17) is 5.41 Å². The molecule has 0 aliphatic rings. The van der Waals surface area contributed by atoms with Gasteiger partial charge in [0.25, 0.3) is 0 Å². The Hall–Kier alpha value is -1.39. The van der Waals surface area contributed by atoms with Crippen molar-refractivity contribution in [1.29, 1.82) is 5.41 Å². The molecular weight excluding hydrogens is 130 g/mol. The zero-order valence-electron chi connectivity index (χ0n) is 5.70. The van der Waals surface area contributed by atoms with Gasteiger partial charge >= 0.3 is 0 Å². The fraction of sp³-hybridized carbons (Fsp3) is 0.400. The highest BCUT2D eigenvalue weighted by molar-refractivity contribution is 5.49. The molecule has 2 N–H and O–H groups in total. The second-order valence-corrected chi connectivity index (χ2v) is 1.85. The summed E-state index contributed by atoms with van der Waals surface area (Å²) in [7, 11) is 1.76. The Morgan fingerprint density at radius 3 is 3.20 bits per heavy atom. The summed E-state index contributed by atoms with van der Waals surface area (Å²) in [6.07, 6.45) is 2.80. The van der Waals surface area contributed by atoms with Crippen LogP contribution < -0.4 is 5.32 Å². The van der Waals surface area contributed by atoms with Crippen LogP contribution in [0.1, 0.15) is 5.69 Å². The molecule has 5 nitrogen and oxygen atoms in total. The van der Waals surface area contributed by atoms with E-state index >= 15 is 0 Å². The minimum atomic E-state index is 0.567. The first-order valence-corrected chi connectivity index (χ1v) is 2.90. The van der Waals surface area contributed by atoms with Gasteiger partial charge in [0, 0.05) is 7.05 Å². The predicted molar refractivity (Wildman–Crippen MR) is 36.6 cm³/mol. The summed E-state index contributed by atoms with van der Waals surface area (Å²) in [4.78, 5) is 1.49. The highest BCUT2D eigenvalue weighted by Gasteiger charge is 1.93. The van der Waals surface area contributed by atoms with Crippen molar-refractivity contribution in [3.05, 3.63) is 11.9 Å². The average Bonchev–Trinajstić information content (AvgIpc) is 2.31. The lowest BCUT2D eigenvalue weighted by atomic mass is 10.5. The quantitative estimate of drug-likeness (QED) is 0.438. The van der Waals surface area contributed by atoms with Crippen molar-refractivity contribution in [2.45, 2.75) is 6.54 Å². The molecule has 1 aromatic heterocycles. The van der Waals surface area contributed by atoms with Crippen LogP contribution in [0.2, 0.25) is 0 Å². The monoisotopic (exact) mass is 139 g/mol. The molecule has 54 valence electrons. The SMILES string of the molecule is Cn1ncc(CNC=N)n1. The molecule has 0 saturated heterocycles. The van der Waals surface area contributed by atoms with Crippen molar-refractivity contribution < 1.29 is 0 Å². The molecule has 1 rings (SSSR count). The first kappa shape index (κ1) is 6.73. The summed E-state index contributed by atoms with van der Waals surface area (Å²) >= 11 is 0. The molecule has 1 heterocycles. The lowest BCUT2D eigenvalue weighted by molar-refractivity contribution is 0.642. The molecule has 0 aromatic carbocycles. The van der Waals surface area contributed by atoms with Crippen molar-refractivity contribution in [1.82, 2.24) is 20.3 Å². The molecule has 0 bridgehead atoms. The smallest absolute Gasteiger partial charge is 0.102 e. The molecule has 0 amide bonds. The van der Waals surface area contributed by atoms with E-state index in [-0.39, 0.29) is 0 Å². The fourth-order valence-corrected chi connectivity index (χ4v) is 0.624. The van der Waals surface area contributed by atoms with E-state index in [2.05, 4.69) is 15.5 Å². The van der Waals surface area contributed by atoms with Gasteiger partial charge in [-0.05, 0) is 0 Å². The van der Waals surface area contributed by atoms with Crippen molar-refractivity contribution in [2.75, 3.05) is 0 Å². The minimum absolute atomic E-state index is 0.567. The van der Waals surface area contributed by atoms with Gasteiger partial charge < -0.3 is 5.32 Å². The van der Waals surface area contributed by atoms with Gasteiger partial charge in [-0.3, -0.25) is 5.41 Å². The number of rotatable bonds is 3. The maximum atomic E-state index is 6.67. The number of aromatic nitrogens is 3. The maximum Gasteiger partial charge on any atom is 0.102 e. The second-order valence-electron chi connectivity index (χ2n) is 1.85. The molecule has 0 aliphatic carbocycles. The van der Waals surface area contributed by atoms with Gasteiger partial charge in [0.15, 0.2) is 0 Å². The lowest BCUT2D eigenvalue weighted by Gasteiger charge is -1.90. The average molecular weight is 139 g/mol. The molecule has 0 aliphatic heterocycles. The van der Waals surface area contributed by atoms with Crippen LogP contribution in [0.25, 0.3) is 0 Å². The highest BCUT2D eigenvalue weighted by atomic mass is 15.4. The molecule has 1 aromatic rings. The van der Waals surface area contributed by atoms with Crippen LogP contribution in [0.5, 0.6) is 0 Å². The number of nitrogens with zero attached hydrogens (tertiary/aromatic N) is 3. The number of aryl methyl sites for hydroxylation is 1. The molecule has 5 heteroatoms. The third-order valence-corrected chi connectivity index (χ3v) is 1.03. The zero-order chi connectivity index (χ0) is 7.40. The second kappa shape index (κ2) is 2.95. The van der Waals surface area contributed by atoms with Crippen LogP contribution in [0.3, 0.4) is 0 Å². The van der Waals surface area contributed by atoms with Gasteiger partial charge in [-0.15, -0.1) is 0 Å². The Labute approximate surface area is 58.6 Å². The molecule has 0 fully saturated rings. The summed E-state index contributed by atoms with van der Waals surface area (Å²) in [5.41, 5.74) is 0.839. The summed E-state index contributed by atoms with van der Waals surface area (Å²) in [5.74, 6) is 0. The van der Waals surface area contributed by atoms with E-state index in [9.17, 15) is 0 Å². The molecule has 0 atom stereocenters. The van der Waals surface area contributed by atoms with Crippen molar-refractivity contribution in [3.8, 4) is 0 Å². The number of hydrogen-bond acceptors (Lipinski definition) is 3. The molecule has 0 unspecified atom stereocenters. The van der Waals surface area contributed by atoms with Crippen molar-refractivity contribution in [2.24, 2.45) is 7.05 Å². The van der Waals surface area contributed by atoms with Crippen LogP contribution in [0.15, 0.2) is 6.20 Å². The number of nitrogens with one attached hydrogen (secondary N) is 2. The molecular formula is C5H9N5. The van der Waals surface area contributed by atoms with Gasteiger partial charge in [0.1, 0.15) is 5.69 Å². The summed E-state index contributed by atoms with van der Waals surface area (Å²) < 4.78 is 0. The first-order valence-electron chi connectivity index (χ1n) is 2.90. The summed E-state index contributed by atoms with van der Waals surface area (Å²) in [5, 5.41) is 17.2.